The lowest BCUT2D eigenvalue weighted by Gasteiger charge is -2.29. The van der Waals surface area contributed by atoms with Gasteiger partial charge in [-0.15, -0.1) is 0 Å². The molecule has 0 bridgehead atoms. The fraction of sp³-hybridized carbons (Fsp3) is 0.200. The summed E-state index contributed by atoms with van der Waals surface area (Å²) in [6.07, 6.45) is -5.23. The normalized spacial score (nSPS) is 19.0. The quantitative estimate of drug-likeness (QED) is 0.437. The molecule has 0 saturated carbocycles. The Labute approximate surface area is 175 Å². The topological polar surface area (TPSA) is 111 Å². The summed E-state index contributed by atoms with van der Waals surface area (Å²) in [6, 6.07) is 15.5. The number of nitrogens with zero attached hydrogens (tertiary/aromatic N) is 3. The number of halogens is 3. The highest BCUT2D eigenvalue weighted by molar-refractivity contribution is 6.09. The van der Waals surface area contributed by atoms with Crippen molar-refractivity contribution >= 4 is 29.5 Å². The first-order valence-electron chi connectivity index (χ1n) is 9.08. The molecule has 8 nitrogen and oxygen atoms in total. The highest BCUT2D eigenvalue weighted by Crippen LogP contribution is 2.39. The Balaban J connectivity index is 2.08. The van der Waals surface area contributed by atoms with E-state index in [1.54, 1.807) is 48.5 Å². The molecule has 0 amide bonds. The number of hydrogen-bond acceptors (Lipinski definition) is 6. The van der Waals surface area contributed by atoms with Crippen molar-refractivity contribution in [3.63, 3.8) is 0 Å². The zero-order chi connectivity index (χ0) is 22.5. The van der Waals surface area contributed by atoms with E-state index in [-0.39, 0.29) is 18.1 Å². The van der Waals surface area contributed by atoms with Gasteiger partial charge in [0, 0.05) is 11.3 Å². The van der Waals surface area contributed by atoms with Crippen molar-refractivity contribution in [1.29, 1.82) is 0 Å². The lowest BCUT2D eigenvalue weighted by atomic mass is 10.1. The predicted molar refractivity (Wildman–Crippen MR) is 109 cm³/mol. The summed E-state index contributed by atoms with van der Waals surface area (Å²) in [5.74, 6) is -2.52. The third-order valence-electron chi connectivity index (χ3n) is 3.95. The molecule has 3 N–H and O–H groups in total. The van der Waals surface area contributed by atoms with E-state index in [0.717, 1.165) is 0 Å². The molecule has 0 spiro atoms. The van der Waals surface area contributed by atoms with Crippen LogP contribution in [0.1, 0.15) is 12.5 Å². The summed E-state index contributed by atoms with van der Waals surface area (Å²) in [6.45, 7) is 1.06. The monoisotopic (exact) mass is 433 g/mol. The summed E-state index contributed by atoms with van der Waals surface area (Å²) in [7, 11) is 0. The minimum absolute atomic E-state index is 0.178. The molecule has 1 aliphatic rings. The summed E-state index contributed by atoms with van der Waals surface area (Å²) >= 11 is 0. The third-order valence-corrected chi connectivity index (χ3v) is 3.95. The van der Waals surface area contributed by atoms with Gasteiger partial charge in [0.1, 0.15) is 0 Å². The number of nitrogens with two attached hydrogens (primary N) is 1. The zero-order valence-electron chi connectivity index (χ0n) is 16.3. The first kappa shape index (κ1) is 21.8. The number of para-hydroxylation sites is 1. The number of ether oxygens (including phenoxy) is 2. The van der Waals surface area contributed by atoms with Gasteiger partial charge in [0.25, 0.3) is 0 Å². The van der Waals surface area contributed by atoms with E-state index < -0.39 is 29.7 Å². The van der Waals surface area contributed by atoms with E-state index in [1.807, 2.05) is 0 Å². The molecule has 1 aliphatic heterocycles. The number of alkyl halides is 3. The van der Waals surface area contributed by atoms with Crippen molar-refractivity contribution in [3.8, 4) is 0 Å². The second-order valence-electron chi connectivity index (χ2n) is 6.16. The van der Waals surface area contributed by atoms with Gasteiger partial charge in [-0.1, -0.05) is 36.4 Å². The van der Waals surface area contributed by atoms with Gasteiger partial charge in [-0.05, 0) is 31.2 Å². The van der Waals surface area contributed by atoms with E-state index in [2.05, 4.69) is 25.0 Å². The van der Waals surface area contributed by atoms with Crippen LogP contribution >= 0.6 is 0 Å². The molecule has 0 aliphatic carbocycles. The largest absolute Gasteiger partial charge is 0.462 e. The van der Waals surface area contributed by atoms with Gasteiger partial charge >= 0.3 is 23.8 Å². The van der Waals surface area contributed by atoms with Gasteiger partial charge in [0.2, 0.25) is 11.9 Å². The number of esters is 1. The summed E-state index contributed by atoms with van der Waals surface area (Å²) in [5.41, 5.74) is 2.92. The molecule has 2 aromatic rings. The highest BCUT2D eigenvalue weighted by Gasteiger charge is 2.65. The van der Waals surface area contributed by atoms with Crippen molar-refractivity contribution in [2.24, 2.45) is 20.7 Å². The maximum Gasteiger partial charge on any atom is 0.446 e. The number of benzene rings is 2. The van der Waals surface area contributed by atoms with Gasteiger partial charge in [0.05, 0.1) is 6.61 Å². The Hall–Kier alpha value is -3.89. The van der Waals surface area contributed by atoms with Gasteiger partial charge in [-0.2, -0.15) is 28.1 Å². The van der Waals surface area contributed by atoms with E-state index in [1.165, 1.54) is 19.1 Å². The number of guanidine groups is 1. The van der Waals surface area contributed by atoms with Crippen molar-refractivity contribution in [3.05, 3.63) is 66.2 Å². The van der Waals surface area contributed by atoms with Gasteiger partial charge in [-0.3, -0.25) is 0 Å². The van der Waals surface area contributed by atoms with Crippen LogP contribution in [-0.4, -0.2) is 42.3 Å². The smallest absolute Gasteiger partial charge is 0.446 e. The molecule has 0 aromatic heterocycles. The standard InChI is InChI=1S/C20H18F3N5O3/c1-2-30-16(29)19(20(21,22)23)27-15(13-9-5-3-6-10-13)31-18(28-19)26-17(24)25-14-11-7-4-8-12-14/h3-12H,2H2,1H3,(H3,24,25,26,28)/t19-/m0/s1. The minimum Gasteiger partial charge on any atom is -0.462 e. The van der Waals surface area contributed by atoms with Gasteiger partial charge in [0.15, 0.2) is 0 Å². The first-order valence-corrected chi connectivity index (χ1v) is 9.08. The average Bonchev–Trinajstić information content (AvgIpc) is 2.74. The minimum atomic E-state index is -5.23. The van der Waals surface area contributed by atoms with Crippen LogP contribution in [0, 0.1) is 0 Å². The highest BCUT2D eigenvalue weighted by atomic mass is 19.4. The molecule has 2 aromatic carbocycles. The van der Waals surface area contributed by atoms with Crippen molar-refractivity contribution < 1.29 is 27.4 Å². The molecule has 3 rings (SSSR count). The Morgan fingerprint density at radius 3 is 2.32 bits per heavy atom. The molecule has 0 fully saturated rings. The van der Waals surface area contributed by atoms with Crippen molar-refractivity contribution in [1.82, 2.24) is 0 Å². The first-order chi connectivity index (χ1) is 14.7. The molecule has 0 radical (unpaired) electrons. The lowest BCUT2D eigenvalue weighted by molar-refractivity contribution is -0.204. The molecule has 1 heterocycles. The maximum atomic E-state index is 14.1. The van der Waals surface area contributed by atoms with E-state index in [0.29, 0.717) is 5.69 Å². The number of anilines is 1. The molecule has 0 unspecified atom stereocenters. The van der Waals surface area contributed by atoms with Crippen LogP contribution in [0.25, 0.3) is 0 Å². The Kier molecular flexibility index (Phi) is 6.23. The number of carbonyl (C=O) groups excluding carboxylic acids is 1. The average molecular weight is 433 g/mol. The van der Waals surface area contributed by atoms with Gasteiger partial charge < -0.3 is 20.5 Å². The number of hydrogen-bond donors (Lipinski definition) is 2. The molecule has 31 heavy (non-hydrogen) atoms. The van der Waals surface area contributed by atoms with Crippen LogP contribution < -0.4 is 11.1 Å². The van der Waals surface area contributed by atoms with Gasteiger partial charge in [-0.25, -0.2) is 4.79 Å². The Bertz CT molecular complexity index is 1020. The van der Waals surface area contributed by atoms with Crippen LogP contribution in [-0.2, 0) is 14.3 Å². The number of rotatable bonds is 4. The summed E-state index contributed by atoms with van der Waals surface area (Å²) in [4.78, 5) is 23.0. The molecule has 1 atom stereocenters. The maximum absolute atomic E-state index is 14.1. The number of carbonyl (C=O) groups is 1. The number of amidine groups is 1. The van der Waals surface area contributed by atoms with E-state index in [9.17, 15) is 18.0 Å². The van der Waals surface area contributed by atoms with Crippen LogP contribution in [0.3, 0.4) is 0 Å². The molecule has 162 valence electrons. The number of aliphatic imine (C=N–C) groups is 3. The summed E-state index contributed by atoms with van der Waals surface area (Å²) < 4.78 is 52.1. The van der Waals surface area contributed by atoms with E-state index in [4.69, 9.17) is 10.5 Å². The fourth-order valence-corrected chi connectivity index (χ4v) is 2.56. The zero-order valence-corrected chi connectivity index (χ0v) is 16.3. The lowest BCUT2D eigenvalue weighted by Crippen LogP contribution is -2.53. The fourth-order valence-electron chi connectivity index (χ4n) is 2.56. The van der Waals surface area contributed by atoms with Crippen LogP contribution in [0.2, 0.25) is 0 Å². The molecular weight excluding hydrogens is 415 g/mol. The van der Waals surface area contributed by atoms with Crippen molar-refractivity contribution in [2.75, 3.05) is 11.9 Å². The van der Waals surface area contributed by atoms with Crippen LogP contribution in [0.4, 0.5) is 18.9 Å². The Morgan fingerprint density at radius 2 is 1.74 bits per heavy atom. The second kappa shape index (κ2) is 8.86. The molecule has 11 heteroatoms. The van der Waals surface area contributed by atoms with Crippen LogP contribution in [0.5, 0.6) is 0 Å². The molecule has 0 saturated heterocycles. The SMILES string of the molecule is CCOC(=O)[C@@]1(C(F)(F)F)N=C(N=C(N)Nc2ccccc2)OC(c2ccccc2)=N1. The second-order valence-corrected chi connectivity index (χ2v) is 6.16. The van der Waals surface area contributed by atoms with Crippen LogP contribution in [0.15, 0.2) is 75.6 Å². The number of nitrogens with one attached hydrogen (secondary N) is 1. The molecular formula is C20H18F3N5O3. The predicted octanol–water partition coefficient (Wildman–Crippen LogP) is 3.07. The Morgan fingerprint density at radius 1 is 1.13 bits per heavy atom. The van der Waals surface area contributed by atoms with Crippen molar-refractivity contribution in [2.45, 2.75) is 18.8 Å². The summed E-state index contributed by atoms with van der Waals surface area (Å²) in [5, 5.41) is 2.69. The van der Waals surface area contributed by atoms with E-state index >= 15 is 0 Å². The third kappa shape index (κ3) is 4.82.